The molecule has 0 spiro atoms. The molecule has 5 nitrogen and oxygen atoms in total. The predicted octanol–water partition coefficient (Wildman–Crippen LogP) is 4.44. The number of carbonyl (C=O) groups is 2. The van der Waals surface area contributed by atoms with Gasteiger partial charge in [-0.15, -0.1) is 0 Å². The van der Waals surface area contributed by atoms with Crippen molar-refractivity contribution in [3.63, 3.8) is 0 Å². The van der Waals surface area contributed by atoms with Crippen LogP contribution in [0.4, 0.5) is 0 Å². The van der Waals surface area contributed by atoms with Gasteiger partial charge in [-0.3, -0.25) is 4.79 Å². The first-order valence-electron chi connectivity index (χ1n) is 11.9. The fourth-order valence-electron chi connectivity index (χ4n) is 5.37. The molecular weight excluding hydrogens is 414 g/mol. The van der Waals surface area contributed by atoms with Crippen molar-refractivity contribution in [3.8, 4) is 0 Å². The maximum atomic E-state index is 12.5. The average molecular weight is 448 g/mol. The second-order valence-corrected chi connectivity index (χ2v) is 9.19. The minimum atomic E-state index is -0.564. The molecule has 1 heterocycles. The Morgan fingerprint density at radius 3 is 2.52 bits per heavy atom. The van der Waals surface area contributed by atoms with Gasteiger partial charge in [-0.05, 0) is 48.9 Å². The lowest BCUT2D eigenvalue weighted by atomic mass is 9.74. The minimum absolute atomic E-state index is 0.00992. The van der Waals surface area contributed by atoms with E-state index < -0.39 is 6.10 Å². The Hall–Kier alpha value is -2.92. The van der Waals surface area contributed by atoms with Crippen molar-refractivity contribution in [2.24, 2.45) is 0 Å². The highest BCUT2D eigenvalue weighted by atomic mass is 16.5. The van der Waals surface area contributed by atoms with E-state index in [1.54, 1.807) is 12.1 Å². The van der Waals surface area contributed by atoms with E-state index in [0.29, 0.717) is 24.9 Å². The minimum Gasteiger partial charge on any atom is -0.465 e. The van der Waals surface area contributed by atoms with E-state index in [-0.39, 0.29) is 23.3 Å². The lowest BCUT2D eigenvalue weighted by Gasteiger charge is -2.34. The van der Waals surface area contributed by atoms with Crippen LogP contribution in [0.1, 0.15) is 60.0 Å². The number of aliphatic hydroxyl groups excluding tert-OH is 1. The molecule has 2 aliphatic rings. The molecule has 1 aliphatic carbocycles. The van der Waals surface area contributed by atoms with Crippen LogP contribution in [0, 0.1) is 0 Å². The number of carbonyl (C=O) groups excluding carboxylic acids is 2. The molecule has 1 saturated carbocycles. The van der Waals surface area contributed by atoms with Gasteiger partial charge >= 0.3 is 5.97 Å². The van der Waals surface area contributed by atoms with E-state index in [9.17, 15) is 14.7 Å². The number of amides is 1. The highest BCUT2D eigenvalue weighted by Crippen LogP contribution is 2.44. The second-order valence-electron chi connectivity index (χ2n) is 9.19. The molecule has 2 aromatic rings. The maximum absolute atomic E-state index is 12.5. The number of methoxy groups -OCH3 is 1. The van der Waals surface area contributed by atoms with Gasteiger partial charge in [0.1, 0.15) is 0 Å². The summed E-state index contributed by atoms with van der Waals surface area (Å²) >= 11 is 0. The summed E-state index contributed by atoms with van der Waals surface area (Å²) in [5, 5.41) is 11.2. The van der Waals surface area contributed by atoms with Gasteiger partial charge < -0.3 is 14.7 Å². The quantitative estimate of drug-likeness (QED) is 0.480. The van der Waals surface area contributed by atoms with Crippen LogP contribution in [0.2, 0.25) is 0 Å². The summed E-state index contributed by atoms with van der Waals surface area (Å²) in [6, 6.07) is 17.7. The van der Waals surface area contributed by atoms with Gasteiger partial charge in [0.05, 0.1) is 24.8 Å². The van der Waals surface area contributed by atoms with Crippen LogP contribution >= 0.6 is 0 Å². The van der Waals surface area contributed by atoms with Crippen molar-refractivity contribution in [2.45, 2.75) is 62.5 Å². The highest BCUT2D eigenvalue weighted by Gasteiger charge is 2.41. The number of hydrogen-bond donors (Lipinski definition) is 1. The number of ether oxygens (including phenoxy) is 1. The molecule has 0 bridgehead atoms. The number of hydrogen-bond acceptors (Lipinski definition) is 4. The summed E-state index contributed by atoms with van der Waals surface area (Å²) in [5.41, 5.74) is 2.56. The number of benzene rings is 2. The Morgan fingerprint density at radius 1 is 1.15 bits per heavy atom. The monoisotopic (exact) mass is 447 g/mol. The zero-order valence-corrected chi connectivity index (χ0v) is 19.3. The van der Waals surface area contributed by atoms with Gasteiger partial charge in [-0.2, -0.15) is 0 Å². The molecule has 1 N–H and O–H groups in total. The van der Waals surface area contributed by atoms with Crippen LogP contribution in [0.3, 0.4) is 0 Å². The van der Waals surface area contributed by atoms with Crippen LogP contribution in [-0.4, -0.2) is 47.7 Å². The summed E-state index contributed by atoms with van der Waals surface area (Å²) in [5.74, 6) is -0.195. The fraction of sp³-hybridized carbons (Fsp3) is 0.429. The van der Waals surface area contributed by atoms with Gasteiger partial charge in [0.2, 0.25) is 5.91 Å². The Kier molecular flexibility index (Phi) is 7.29. The smallest absolute Gasteiger partial charge is 0.337 e. The molecule has 1 amide bonds. The molecule has 33 heavy (non-hydrogen) atoms. The first-order chi connectivity index (χ1) is 16.0. The summed E-state index contributed by atoms with van der Waals surface area (Å²) < 4.78 is 4.74. The molecule has 4 rings (SSSR count). The largest absolute Gasteiger partial charge is 0.465 e. The van der Waals surface area contributed by atoms with Crippen molar-refractivity contribution >= 4 is 11.9 Å². The lowest BCUT2D eigenvalue weighted by molar-refractivity contribution is -0.128. The molecule has 2 fully saturated rings. The van der Waals surface area contributed by atoms with Crippen LogP contribution < -0.4 is 0 Å². The third-order valence-electron chi connectivity index (χ3n) is 7.32. The Labute approximate surface area is 196 Å². The number of esters is 1. The molecule has 5 heteroatoms. The summed E-state index contributed by atoms with van der Waals surface area (Å²) in [4.78, 5) is 26.1. The van der Waals surface area contributed by atoms with Gasteiger partial charge in [0.15, 0.2) is 0 Å². The van der Waals surface area contributed by atoms with Crippen LogP contribution in [-0.2, 0) is 21.4 Å². The van der Waals surface area contributed by atoms with Gasteiger partial charge in [-0.1, -0.05) is 67.5 Å². The number of aliphatic hydroxyl groups is 1. The summed E-state index contributed by atoms with van der Waals surface area (Å²) in [6.07, 6.45) is 9.66. The number of nitrogens with zero attached hydrogens (tertiary/aromatic N) is 1. The summed E-state index contributed by atoms with van der Waals surface area (Å²) in [7, 11) is 1.37. The van der Waals surface area contributed by atoms with Crippen LogP contribution in [0.25, 0.3) is 0 Å². The molecule has 1 saturated heterocycles. The molecular formula is C28H33NO4. The van der Waals surface area contributed by atoms with E-state index >= 15 is 0 Å². The highest BCUT2D eigenvalue weighted by molar-refractivity contribution is 5.89. The SMILES string of the molecule is COC(=O)c1ccc(CCN2C(=O)CC[C@@H]2/C=C/C(O)C2(c3ccccc3)CCCC2)cc1. The van der Waals surface area contributed by atoms with Crippen molar-refractivity contribution in [3.05, 3.63) is 83.4 Å². The van der Waals surface area contributed by atoms with E-state index in [4.69, 9.17) is 4.74 Å². The fourth-order valence-corrected chi connectivity index (χ4v) is 5.37. The van der Waals surface area contributed by atoms with Crippen molar-refractivity contribution < 1.29 is 19.4 Å². The number of rotatable bonds is 8. The molecule has 0 radical (unpaired) electrons. The van der Waals surface area contributed by atoms with Crippen molar-refractivity contribution in [2.75, 3.05) is 13.7 Å². The van der Waals surface area contributed by atoms with Crippen LogP contribution in [0.15, 0.2) is 66.7 Å². The first-order valence-corrected chi connectivity index (χ1v) is 11.9. The Morgan fingerprint density at radius 2 is 1.85 bits per heavy atom. The summed E-state index contributed by atoms with van der Waals surface area (Å²) in [6.45, 7) is 0.616. The predicted molar refractivity (Wildman–Crippen MR) is 128 cm³/mol. The molecule has 174 valence electrons. The topological polar surface area (TPSA) is 66.8 Å². The van der Waals surface area contributed by atoms with E-state index in [0.717, 1.165) is 37.7 Å². The van der Waals surface area contributed by atoms with Crippen molar-refractivity contribution in [1.82, 2.24) is 4.90 Å². The normalized spacial score (nSPS) is 21.0. The maximum Gasteiger partial charge on any atom is 0.337 e. The zero-order chi connectivity index (χ0) is 23.3. The Bertz CT molecular complexity index is 977. The lowest BCUT2D eigenvalue weighted by Crippen LogP contribution is -2.37. The average Bonchev–Trinajstić information content (AvgIpc) is 3.49. The molecule has 1 unspecified atom stereocenters. The van der Waals surface area contributed by atoms with Crippen molar-refractivity contribution in [1.29, 1.82) is 0 Å². The van der Waals surface area contributed by atoms with E-state index in [1.807, 2.05) is 47.4 Å². The number of likely N-dealkylation sites (tertiary alicyclic amines) is 1. The van der Waals surface area contributed by atoms with E-state index in [1.165, 1.54) is 12.7 Å². The van der Waals surface area contributed by atoms with Gasteiger partial charge in [-0.25, -0.2) is 4.79 Å². The van der Waals surface area contributed by atoms with E-state index in [2.05, 4.69) is 12.1 Å². The molecule has 2 aromatic carbocycles. The Balaban J connectivity index is 1.41. The second kappa shape index (κ2) is 10.3. The standard InChI is InChI=1S/C28H33NO4/c1-33-27(32)22-11-9-21(10-12-22)17-20-29-24(14-16-26(29)31)13-15-25(30)28(18-5-6-19-28)23-7-3-2-4-8-23/h2-4,7-13,15,24-25,30H,5-6,14,16-20H2,1H3/b15-13+/t24-,25?/m0/s1. The molecule has 1 aliphatic heterocycles. The van der Waals surface area contributed by atoms with Gasteiger partial charge in [0.25, 0.3) is 0 Å². The van der Waals surface area contributed by atoms with Crippen LogP contribution in [0.5, 0.6) is 0 Å². The molecule has 0 aromatic heterocycles. The third kappa shape index (κ3) is 5.03. The zero-order valence-electron chi connectivity index (χ0n) is 19.3. The first kappa shape index (κ1) is 23.2. The van der Waals surface area contributed by atoms with Gasteiger partial charge in [0, 0.05) is 18.4 Å². The third-order valence-corrected chi connectivity index (χ3v) is 7.32. The molecule has 2 atom stereocenters.